The Morgan fingerprint density at radius 1 is 1.25 bits per heavy atom. The first-order chi connectivity index (χ1) is 11.5. The zero-order chi connectivity index (χ0) is 16.8. The van der Waals surface area contributed by atoms with Crippen molar-refractivity contribution in [3.63, 3.8) is 0 Å². The number of rotatable bonds is 3. The molecule has 24 heavy (non-hydrogen) atoms. The number of carbonyl (C=O) groups excluding carboxylic acids is 1. The van der Waals surface area contributed by atoms with Gasteiger partial charge < -0.3 is 14.5 Å². The van der Waals surface area contributed by atoms with Crippen LogP contribution in [0.3, 0.4) is 0 Å². The highest BCUT2D eigenvalue weighted by Gasteiger charge is 2.32. The van der Waals surface area contributed by atoms with Gasteiger partial charge in [0.15, 0.2) is 0 Å². The molecule has 0 unspecified atom stereocenters. The van der Waals surface area contributed by atoms with E-state index in [0.717, 1.165) is 18.5 Å². The lowest BCUT2D eigenvalue weighted by atomic mass is 9.96. The number of amides is 1. The fraction of sp³-hybridized carbons (Fsp3) is 0.529. The van der Waals surface area contributed by atoms with Gasteiger partial charge in [0.1, 0.15) is 0 Å². The van der Waals surface area contributed by atoms with Crippen molar-refractivity contribution in [1.82, 2.24) is 15.0 Å². The molecule has 1 aliphatic heterocycles. The van der Waals surface area contributed by atoms with Gasteiger partial charge in [0, 0.05) is 24.7 Å². The van der Waals surface area contributed by atoms with E-state index in [2.05, 4.69) is 10.1 Å². The van der Waals surface area contributed by atoms with Crippen LogP contribution in [0.1, 0.15) is 53.3 Å². The number of carboxylic acid groups (broad SMARTS) is 1. The van der Waals surface area contributed by atoms with Crippen LogP contribution in [0.15, 0.2) is 10.6 Å². The van der Waals surface area contributed by atoms with Gasteiger partial charge in [-0.2, -0.15) is 0 Å². The molecular formula is C17H19N3O4. The minimum absolute atomic E-state index is 0.0839. The lowest BCUT2D eigenvalue weighted by Crippen LogP contribution is -2.40. The molecule has 2 aromatic heterocycles. The molecule has 0 atom stereocenters. The monoisotopic (exact) mass is 329 g/mol. The number of carboxylic acids is 1. The summed E-state index contributed by atoms with van der Waals surface area (Å²) in [5.41, 5.74) is 2.54. The number of aromatic nitrogens is 2. The van der Waals surface area contributed by atoms with E-state index in [-0.39, 0.29) is 11.8 Å². The highest BCUT2D eigenvalue weighted by Crippen LogP contribution is 2.40. The molecular weight excluding hydrogens is 310 g/mol. The number of aryl methyl sites for hydroxylation is 1. The van der Waals surface area contributed by atoms with Gasteiger partial charge >= 0.3 is 5.97 Å². The molecule has 1 saturated carbocycles. The first-order valence-electron chi connectivity index (χ1n) is 8.33. The van der Waals surface area contributed by atoms with Crippen LogP contribution < -0.4 is 0 Å². The van der Waals surface area contributed by atoms with Gasteiger partial charge in [-0.25, -0.2) is 4.98 Å². The lowest BCUT2D eigenvalue weighted by molar-refractivity contribution is -0.143. The Kier molecular flexibility index (Phi) is 3.51. The van der Waals surface area contributed by atoms with Crippen LogP contribution >= 0.6 is 0 Å². The number of carbonyl (C=O) groups is 2. The zero-order valence-corrected chi connectivity index (χ0v) is 13.5. The number of piperidine rings is 1. The SMILES string of the molecule is Cc1noc2nc(C3CC3)cc(C(=O)N3CCC(C(=O)O)CC3)c12. The Balaban J connectivity index is 1.66. The summed E-state index contributed by atoms with van der Waals surface area (Å²) in [5.74, 6) is -0.811. The van der Waals surface area contributed by atoms with E-state index in [0.29, 0.717) is 54.2 Å². The standard InChI is InChI=1S/C17H19N3O4/c1-9-14-12(8-13(10-2-3-10)18-15(14)24-19-9)16(21)20-6-4-11(5-7-20)17(22)23/h8,10-11H,2-7H2,1H3,(H,22,23). The molecule has 2 aromatic rings. The summed E-state index contributed by atoms with van der Waals surface area (Å²) < 4.78 is 5.28. The van der Waals surface area contributed by atoms with E-state index in [1.807, 2.05) is 6.07 Å². The maximum absolute atomic E-state index is 13.0. The number of hydrogen-bond donors (Lipinski definition) is 1. The molecule has 0 spiro atoms. The second-order valence-electron chi connectivity index (χ2n) is 6.72. The van der Waals surface area contributed by atoms with Crippen molar-refractivity contribution in [2.75, 3.05) is 13.1 Å². The van der Waals surface area contributed by atoms with Gasteiger partial charge in [0.2, 0.25) is 0 Å². The molecule has 4 rings (SSSR count). The predicted octanol–water partition coefficient (Wildman–Crippen LogP) is 2.35. The molecule has 0 aromatic carbocycles. The highest BCUT2D eigenvalue weighted by atomic mass is 16.5. The molecule has 7 heteroatoms. The summed E-state index contributed by atoms with van der Waals surface area (Å²) in [6, 6.07) is 1.87. The third-order valence-electron chi connectivity index (χ3n) is 4.99. The van der Waals surface area contributed by atoms with E-state index in [9.17, 15) is 9.59 Å². The second-order valence-corrected chi connectivity index (χ2v) is 6.72. The molecule has 7 nitrogen and oxygen atoms in total. The van der Waals surface area contributed by atoms with Gasteiger partial charge in [0.05, 0.1) is 22.6 Å². The van der Waals surface area contributed by atoms with Crippen molar-refractivity contribution in [2.24, 2.45) is 5.92 Å². The fourth-order valence-electron chi connectivity index (χ4n) is 3.37. The van der Waals surface area contributed by atoms with Crippen molar-refractivity contribution in [3.8, 4) is 0 Å². The van der Waals surface area contributed by atoms with Crippen molar-refractivity contribution in [1.29, 1.82) is 0 Å². The third-order valence-corrected chi connectivity index (χ3v) is 4.99. The average Bonchev–Trinajstić information content (AvgIpc) is 3.37. The van der Waals surface area contributed by atoms with Crippen LogP contribution in [0.5, 0.6) is 0 Å². The number of nitrogens with zero attached hydrogens (tertiary/aromatic N) is 3. The van der Waals surface area contributed by atoms with Crippen LogP contribution in [0.2, 0.25) is 0 Å². The van der Waals surface area contributed by atoms with Crippen molar-refractivity contribution in [3.05, 3.63) is 23.0 Å². The number of hydrogen-bond acceptors (Lipinski definition) is 5. The van der Waals surface area contributed by atoms with Gasteiger partial charge in [-0.15, -0.1) is 0 Å². The summed E-state index contributed by atoms with van der Waals surface area (Å²) in [5, 5.41) is 13.7. The quantitative estimate of drug-likeness (QED) is 0.928. The van der Waals surface area contributed by atoms with E-state index in [4.69, 9.17) is 9.63 Å². The van der Waals surface area contributed by atoms with Crippen LogP contribution in [0.25, 0.3) is 11.1 Å². The smallest absolute Gasteiger partial charge is 0.306 e. The molecule has 3 heterocycles. The van der Waals surface area contributed by atoms with Gasteiger partial charge in [-0.05, 0) is 38.7 Å². The largest absolute Gasteiger partial charge is 0.481 e. The van der Waals surface area contributed by atoms with Crippen molar-refractivity contribution < 1.29 is 19.2 Å². The summed E-state index contributed by atoms with van der Waals surface area (Å²) in [6.45, 7) is 2.73. The van der Waals surface area contributed by atoms with Crippen LogP contribution in [0.4, 0.5) is 0 Å². The number of pyridine rings is 1. The first-order valence-corrected chi connectivity index (χ1v) is 8.33. The lowest BCUT2D eigenvalue weighted by Gasteiger charge is -2.30. The van der Waals surface area contributed by atoms with Crippen LogP contribution in [-0.2, 0) is 4.79 Å². The molecule has 0 radical (unpaired) electrons. The topological polar surface area (TPSA) is 96.5 Å². The molecule has 1 saturated heterocycles. The Hall–Kier alpha value is -2.44. The van der Waals surface area contributed by atoms with E-state index in [1.54, 1.807) is 11.8 Å². The Bertz CT molecular complexity index is 817. The second kappa shape index (κ2) is 5.58. The van der Waals surface area contributed by atoms with Crippen molar-refractivity contribution >= 4 is 23.0 Å². The van der Waals surface area contributed by atoms with Gasteiger partial charge in [0.25, 0.3) is 11.6 Å². The molecule has 0 bridgehead atoms. The summed E-state index contributed by atoms with van der Waals surface area (Å²) >= 11 is 0. The van der Waals surface area contributed by atoms with Crippen molar-refractivity contribution in [2.45, 2.75) is 38.5 Å². The molecule has 1 amide bonds. The van der Waals surface area contributed by atoms with Gasteiger partial charge in [-0.3, -0.25) is 9.59 Å². The Labute approximate surface area is 138 Å². The molecule has 1 N–H and O–H groups in total. The van der Waals surface area contributed by atoms with Crippen LogP contribution in [0, 0.1) is 12.8 Å². The van der Waals surface area contributed by atoms with E-state index >= 15 is 0 Å². The molecule has 2 aliphatic rings. The van der Waals surface area contributed by atoms with E-state index < -0.39 is 5.97 Å². The minimum Gasteiger partial charge on any atom is -0.481 e. The first kappa shape index (κ1) is 15.1. The maximum Gasteiger partial charge on any atom is 0.306 e. The van der Waals surface area contributed by atoms with Crippen LogP contribution in [-0.4, -0.2) is 45.1 Å². The third kappa shape index (κ3) is 2.53. The Morgan fingerprint density at radius 2 is 1.96 bits per heavy atom. The molecule has 1 aliphatic carbocycles. The van der Waals surface area contributed by atoms with Gasteiger partial charge in [-0.1, -0.05) is 5.16 Å². The predicted molar refractivity (Wildman–Crippen MR) is 84.8 cm³/mol. The highest BCUT2D eigenvalue weighted by molar-refractivity contribution is 6.06. The maximum atomic E-state index is 13.0. The van der Waals surface area contributed by atoms with E-state index in [1.165, 1.54) is 0 Å². The summed E-state index contributed by atoms with van der Waals surface area (Å²) in [6.07, 6.45) is 3.16. The zero-order valence-electron chi connectivity index (χ0n) is 13.5. The fourth-order valence-corrected chi connectivity index (χ4v) is 3.37. The number of aliphatic carboxylic acids is 1. The average molecular weight is 329 g/mol. The number of likely N-dealkylation sites (tertiary alicyclic amines) is 1. The Morgan fingerprint density at radius 3 is 2.58 bits per heavy atom. The minimum atomic E-state index is -0.778. The summed E-state index contributed by atoms with van der Waals surface area (Å²) in [7, 11) is 0. The number of fused-ring (bicyclic) bond motifs is 1. The molecule has 2 fully saturated rings. The summed E-state index contributed by atoms with van der Waals surface area (Å²) in [4.78, 5) is 30.3. The normalized spacial score (nSPS) is 19.0. The molecule has 126 valence electrons.